The second-order valence-corrected chi connectivity index (χ2v) is 4.57. The van der Waals surface area contributed by atoms with E-state index in [1.165, 1.54) is 24.3 Å². The Labute approximate surface area is 70.2 Å². The molecule has 4 heteroatoms. The highest BCUT2D eigenvalue weighted by atomic mass is 35.7. The zero-order chi connectivity index (χ0) is 8.48. The fourth-order valence-electron chi connectivity index (χ4n) is 0.630. The van der Waals surface area contributed by atoms with Crippen molar-refractivity contribution in [2.75, 3.05) is 0 Å². The lowest BCUT2D eigenvalue weighted by molar-refractivity contribution is 0.609. The van der Waals surface area contributed by atoms with Crippen LogP contribution >= 0.6 is 10.7 Å². The third-order valence-corrected chi connectivity index (χ3v) is 2.53. The lowest BCUT2D eigenvalue weighted by atomic mass is 10.2. The molecule has 2 radical (unpaired) electrons. The third-order valence-electron chi connectivity index (χ3n) is 1.16. The first-order valence-electron chi connectivity index (χ1n) is 2.80. The number of hydrogen-bond acceptors (Lipinski definition) is 2. The van der Waals surface area contributed by atoms with Crippen molar-refractivity contribution >= 4 is 19.7 Å². The van der Waals surface area contributed by atoms with E-state index in [2.05, 4.69) is 0 Å². The Morgan fingerprint density at radius 3 is 2.00 bits per heavy atom. The number of hydrogen-bond donors (Lipinski definition) is 0. The molecule has 0 aromatic heterocycles. The summed E-state index contributed by atoms with van der Waals surface area (Å²) in [5.74, 6) is 0. The van der Waals surface area contributed by atoms with Gasteiger partial charge in [-0.2, -0.15) is 0 Å². The molecule has 0 aliphatic rings. The molecule has 0 saturated heterocycles. The van der Waals surface area contributed by atoms with Gasteiger partial charge in [-0.3, -0.25) is 0 Å². The minimum absolute atomic E-state index is 0.0633. The second kappa shape index (κ2) is 2.83. The van der Waals surface area contributed by atoms with Gasteiger partial charge < -0.3 is 0 Å². The molecule has 0 fully saturated rings. The van der Waals surface area contributed by atoms with Crippen molar-refractivity contribution in [3.05, 3.63) is 36.8 Å². The predicted molar refractivity (Wildman–Crippen MR) is 42.9 cm³/mol. The summed E-state index contributed by atoms with van der Waals surface area (Å²) in [5.41, 5.74) is 0.508. The second-order valence-electron chi connectivity index (χ2n) is 2.01. The van der Waals surface area contributed by atoms with Crippen LogP contribution in [0.4, 0.5) is 0 Å². The van der Waals surface area contributed by atoms with Gasteiger partial charge in [0.25, 0.3) is 9.05 Å². The Hall–Kier alpha value is -0.540. The summed E-state index contributed by atoms with van der Waals surface area (Å²) in [5, 5.41) is 0. The first-order chi connectivity index (χ1) is 5.00. The van der Waals surface area contributed by atoms with Gasteiger partial charge in [-0.15, -0.1) is 0 Å². The van der Waals surface area contributed by atoms with Crippen LogP contribution in [-0.2, 0) is 9.05 Å². The van der Waals surface area contributed by atoms with E-state index < -0.39 is 9.05 Å². The summed E-state index contributed by atoms with van der Waals surface area (Å²) in [7, 11) is 1.44. The van der Waals surface area contributed by atoms with Gasteiger partial charge in [0, 0.05) is 10.7 Å². The smallest absolute Gasteiger partial charge is 0.207 e. The van der Waals surface area contributed by atoms with Crippen molar-refractivity contribution in [3.8, 4) is 0 Å². The van der Waals surface area contributed by atoms with Gasteiger partial charge in [0.1, 0.15) is 0 Å². The minimum Gasteiger partial charge on any atom is -0.207 e. The third kappa shape index (κ3) is 2.20. The monoisotopic (exact) mass is 188 g/mol. The fraction of sp³-hybridized carbons (Fsp3) is 0. The average Bonchev–Trinajstić information content (AvgIpc) is 1.86. The van der Waals surface area contributed by atoms with Crippen LogP contribution in [0.1, 0.15) is 5.56 Å². The number of rotatable bonds is 1. The first-order valence-corrected chi connectivity index (χ1v) is 5.11. The molecule has 0 saturated carbocycles. The predicted octanol–water partition coefficient (Wildman–Crippen LogP) is 1.67. The molecule has 0 bridgehead atoms. The highest BCUT2D eigenvalue weighted by Crippen LogP contribution is 2.14. The highest BCUT2D eigenvalue weighted by Gasteiger charge is 2.07. The Morgan fingerprint density at radius 1 is 1.18 bits per heavy atom. The van der Waals surface area contributed by atoms with Crippen LogP contribution in [0.15, 0.2) is 29.2 Å². The summed E-state index contributed by atoms with van der Waals surface area (Å²) in [4.78, 5) is 0.0633. The van der Waals surface area contributed by atoms with Crippen molar-refractivity contribution in [3.63, 3.8) is 0 Å². The van der Waals surface area contributed by atoms with Crippen molar-refractivity contribution in [1.29, 1.82) is 0 Å². The zero-order valence-electron chi connectivity index (χ0n) is 5.49. The average molecular weight is 189 g/mol. The van der Waals surface area contributed by atoms with E-state index >= 15 is 0 Å². The Morgan fingerprint density at radius 2 is 1.64 bits per heavy atom. The molecule has 0 atom stereocenters. The summed E-state index contributed by atoms with van der Waals surface area (Å²) >= 11 is 0. The Bertz CT molecular complexity index is 339. The Kier molecular flexibility index (Phi) is 2.20. The molecule has 1 rings (SSSR count). The van der Waals surface area contributed by atoms with Crippen LogP contribution < -0.4 is 0 Å². The molecule has 0 N–H and O–H groups in total. The standard InChI is InChI=1S/C7H5ClO2S/c1-6-2-4-7(5-3-6)11(8,9)10/h1-5H. The normalized spacial score (nSPS) is 11.5. The van der Waals surface area contributed by atoms with E-state index in [1.807, 2.05) is 0 Å². The van der Waals surface area contributed by atoms with Crippen LogP contribution in [0.3, 0.4) is 0 Å². The van der Waals surface area contributed by atoms with Gasteiger partial charge in [0.2, 0.25) is 0 Å². The summed E-state index contributed by atoms with van der Waals surface area (Å²) in [6, 6.07) is 5.68. The van der Waals surface area contributed by atoms with Gasteiger partial charge in [0.05, 0.1) is 4.90 Å². The van der Waals surface area contributed by atoms with E-state index in [1.54, 1.807) is 0 Å². The molecule has 0 unspecified atom stereocenters. The van der Waals surface area contributed by atoms with E-state index in [9.17, 15) is 8.42 Å². The first kappa shape index (κ1) is 8.56. The topological polar surface area (TPSA) is 34.1 Å². The quantitative estimate of drug-likeness (QED) is 0.629. The maximum absolute atomic E-state index is 10.7. The van der Waals surface area contributed by atoms with Crippen LogP contribution in [0.2, 0.25) is 0 Å². The van der Waals surface area contributed by atoms with Crippen molar-refractivity contribution < 1.29 is 8.42 Å². The number of halogens is 1. The maximum atomic E-state index is 10.7. The van der Waals surface area contributed by atoms with Crippen LogP contribution in [-0.4, -0.2) is 8.42 Å². The molecule has 0 heterocycles. The van der Waals surface area contributed by atoms with Crippen molar-refractivity contribution in [2.45, 2.75) is 4.90 Å². The molecule has 11 heavy (non-hydrogen) atoms. The molecule has 1 aromatic rings. The van der Waals surface area contributed by atoms with Gasteiger partial charge in [-0.25, -0.2) is 8.42 Å². The molecule has 0 spiro atoms. The maximum Gasteiger partial charge on any atom is 0.261 e. The lowest BCUT2D eigenvalue weighted by Gasteiger charge is -1.94. The van der Waals surface area contributed by atoms with Gasteiger partial charge in [-0.05, 0) is 24.6 Å². The SMILES string of the molecule is [CH]c1ccc(S(=O)(=O)Cl)cc1. The van der Waals surface area contributed by atoms with Gasteiger partial charge in [0.15, 0.2) is 0 Å². The van der Waals surface area contributed by atoms with Gasteiger partial charge >= 0.3 is 0 Å². The lowest BCUT2D eigenvalue weighted by Crippen LogP contribution is -1.89. The number of benzene rings is 1. The van der Waals surface area contributed by atoms with Crippen LogP contribution in [0, 0.1) is 6.92 Å². The van der Waals surface area contributed by atoms with E-state index in [0.717, 1.165) is 0 Å². The van der Waals surface area contributed by atoms with Crippen molar-refractivity contribution in [1.82, 2.24) is 0 Å². The summed E-state index contributed by atoms with van der Waals surface area (Å²) in [6.45, 7) is 5.33. The van der Waals surface area contributed by atoms with E-state index in [0.29, 0.717) is 5.56 Å². The molecule has 0 aliphatic heterocycles. The molecule has 0 aliphatic carbocycles. The molecular weight excluding hydrogens is 184 g/mol. The van der Waals surface area contributed by atoms with Crippen LogP contribution in [0.5, 0.6) is 0 Å². The molecule has 0 amide bonds. The zero-order valence-corrected chi connectivity index (χ0v) is 7.06. The molecule has 2 nitrogen and oxygen atoms in total. The van der Waals surface area contributed by atoms with Gasteiger partial charge in [-0.1, -0.05) is 12.1 Å². The van der Waals surface area contributed by atoms with Crippen LogP contribution in [0.25, 0.3) is 0 Å². The molecular formula is C7H5ClO2S. The van der Waals surface area contributed by atoms with E-state index in [4.69, 9.17) is 17.6 Å². The van der Waals surface area contributed by atoms with Crippen molar-refractivity contribution in [2.24, 2.45) is 0 Å². The molecule has 1 aromatic carbocycles. The Balaban J connectivity index is 3.20. The summed E-state index contributed by atoms with van der Waals surface area (Å²) < 4.78 is 21.3. The minimum atomic E-state index is -3.60. The fourth-order valence-corrected chi connectivity index (χ4v) is 1.40. The highest BCUT2D eigenvalue weighted by molar-refractivity contribution is 8.13. The summed E-state index contributed by atoms with van der Waals surface area (Å²) in [6.07, 6.45) is 0. The molecule has 58 valence electrons. The largest absolute Gasteiger partial charge is 0.261 e. The van der Waals surface area contributed by atoms with E-state index in [-0.39, 0.29) is 4.90 Å².